The van der Waals surface area contributed by atoms with Crippen molar-refractivity contribution in [2.24, 2.45) is 0 Å². The highest BCUT2D eigenvalue weighted by molar-refractivity contribution is 7.22. The number of hydrogen-bond donors (Lipinski definition) is 1. The third kappa shape index (κ3) is 4.28. The van der Waals surface area contributed by atoms with E-state index in [1.54, 1.807) is 11.3 Å². The van der Waals surface area contributed by atoms with Crippen LogP contribution in [0.5, 0.6) is 0 Å². The van der Waals surface area contributed by atoms with E-state index in [9.17, 15) is 4.79 Å². The number of nitrogens with zero attached hydrogens (tertiary/aromatic N) is 3. The summed E-state index contributed by atoms with van der Waals surface area (Å²) in [7, 11) is 0. The smallest absolute Gasteiger partial charge is 0.251 e. The van der Waals surface area contributed by atoms with E-state index in [4.69, 9.17) is 4.98 Å². The average Bonchev–Trinajstić information content (AvgIpc) is 3.12. The van der Waals surface area contributed by atoms with Gasteiger partial charge in [-0.3, -0.25) is 9.69 Å². The fourth-order valence-electron chi connectivity index (χ4n) is 3.37. The normalized spacial score (nSPS) is 15.2. The van der Waals surface area contributed by atoms with E-state index in [0.29, 0.717) is 6.54 Å². The highest BCUT2D eigenvalue weighted by Gasteiger charge is 2.19. The van der Waals surface area contributed by atoms with Crippen molar-refractivity contribution in [3.8, 4) is 0 Å². The molecule has 0 saturated carbocycles. The minimum absolute atomic E-state index is 0.00631. The van der Waals surface area contributed by atoms with Gasteiger partial charge in [0.1, 0.15) is 0 Å². The predicted octanol–water partition coefficient (Wildman–Crippen LogP) is 3.16. The molecule has 2 heterocycles. The summed E-state index contributed by atoms with van der Waals surface area (Å²) >= 11 is 1.76. The average molecular weight is 381 g/mol. The molecule has 5 nitrogen and oxygen atoms in total. The molecule has 0 bridgehead atoms. The Kier molecular flexibility index (Phi) is 5.36. The van der Waals surface area contributed by atoms with Crippen LogP contribution in [0.25, 0.3) is 10.2 Å². The Morgan fingerprint density at radius 3 is 2.70 bits per heavy atom. The molecule has 6 heteroatoms. The van der Waals surface area contributed by atoms with Crippen molar-refractivity contribution in [1.82, 2.24) is 15.2 Å². The maximum Gasteiger partial charge on any atom is 0.251 e. The maximum absolute atomic E-state index is 12.2. The van der Waals surface area contributed by atoms with E-state index in [-0.39, 0.29) is 5.91 Å². The molecule has 1 aliphatic heterocycles. The molecular weight excluding hydrogens is 356 g/mol. The topological polar surface area (TPSA) is 48.5 Å². The first-order valence-corrected chi connectivity index (χ1v) is 10.2. The summed E-state index contributed by atoms with van der Waals surface area (Å²) in [6.07, 6.45) is 0. The quantitative estimate of drug-likeness (QED) is 0.739. The van der Waals surface area contributed by atoms with Crippen molar-refractivity contribution in [1.29, 1.82) is 0 Å². The van der Waals surface area contributed by atoms with Crippen molar-refractivity contribution >= 4 is 32.6 Å². The molecule has 1 aliphatic rings. The number of aryl methyl sites for hydroxylation is 1. The zero-order chi connectivity index (χ0) is 18.6. The molecule has 27 heavy (non-hydrogen) atoms. The molecule has 0 unspecified atom stereocenters. The predicted molar refractivity (Wildman–Crippen MR) is 112 cm³/mol. The van der Waals surface area contributed by atoms with Crippen molar-refractivity contribution in [3.63, 3.8) is 0 Å². The molecule has 0 atom stereocenters. The number of thiazole rings is 1. The van der Waals surface area contributed by atoms with E-state index >= 15 is 0 Å². The van der Waals surface area contributed by atoms with Crippen molar-refractivity contribution < 1.29 is 4.79 Å². The number of carbonyl (C=O) groups is 1. The molecule has 2 aromatic carbocycles. The number of piperazine rings is 1. The number of carbonyl (C=O) groups excluding carboxylic acids is 1. The molecule has 1 fully saturated rings. The van der Waals surface area contributed by atoms with E-state index in [1.165, 1.54) is 4.70 Å². The van der Waals surface area contributed by atoms with E-state index in [2.05, 4.69) is 33.3 Å². The zero-order valence-electron chi connectivity index (χ0n) is 15.5. The fourth-order valence-corrected chi connectivity index (χ4v) is 4.39. The number of hydrogen-bond acceptors (Lipinski definition) is 5. The van der Waals surface area contributed by atoms with Gasteiger partial charge in [0.15, 0.2) is 5.13 Å². The van der Waals surface area contributed by atoms with Gasteiger partial charge >= 0.3 is 0 Å². The number of fused-ring (bicyclic) bond motifs is 1. The standard InChI is InChI=1S/C21H24N4OS/c1-16-5-4-6-17(15-16)20(26)22-9-10-24-11-13-25(14-12-24)21-23-18-7-2-3-8-19(18)27-21/h2-8,15H,9-14H2,1H3,(H,22,26). The summed E-state index contributed by atoms with van der Waals surface area (Å²) in [6, 6.07) is 16.0. The second kappa shape index (κ2) is 8.06. The molecule has 140 valence electrons. The van der Waals surface area contributed by atoms with Gasteiger partial charge in [0, 0.05) is 44.8 Å². The minimum Gasteiger partial charge on any atom is -0.351 e. The molecule has 1 amide bonds. The van der Waals surface area contributed by atoms with Gasteiger partial charge < -0.3 is 10.2 Å². The second-order valence-electron chi connectivity index (χ2n) is 6.92. The Bertz CT molecular complexity index is 898. The SMILES string of the molecule is Cc1cccc(C(=O)NCCN2CCN(c3nc4ccccc4s3)CC2)c1. The second-order valence-corrected chi connectivity index (χ2v) is 7.93. The zero-order valence-corrected chi connectivity index (χ0v) is 16.3. The number of aromatic nitrogens is 1. The summed E-state index contributed by atoms with van der Waals surface area (Å²) in [4.78, 5) is 21.7. The van der Waals surface area contributed by atoms with Gasteiger partial charge in [0.05, 0.1) is 10.2 Å². The van der Waals surface area contributed by atoms with Crippen LogP contribution in [0, 0.1) is 6.92 Å². The Morgan fingerprint density at radius 2 is 1.93 bits per heavy atom. The lowest BCUT2D eigenvalue weighted by Gasteiger charge is -2.34. The monoisotopic (exact) mass is 380 g/mol. The van der Waals surface area contributed by atoms with Crippen LogP contribution in [-0.4, -0.2) is 55.1 Å². The van der Waals surface area contributed by atoms with Gasteiger partial charge in [0.25, 0.3) is 5.91 Å². The molecule has 0 aliphatic carbocycles. The summed E-state index contributed by atoms with van der Waals surface area (Å²) < 4.78 is 1.24. The van der Waals surface area contributed by atoms with Gasteiger partial charge in [-0.2, -0.15) is 0 Å². The lowest BCUT2D eigenvalue weighted by molar-refractivity contribution is 0.0947. The molecular formula is C21H24N4OS. The van der Waals surface area contributed by atoms with Gasteiger partial charge in [-0.25, -0.2) is 4.98 Å². The number of amides is 1. The number of anilines is 1. The minimum atomic E-state index is 0.00631. The Labute approximate surface area is 163 Å². The summed E-state index contributed by atoms with van der Waals surface area (Å²) in [6.45, 7) is 7.50. The number of nitrogens with one attached hydrogen (secondary N) is 1. The molecule has 0 radical (unpaired) electrons. The van der Waals surface area contributed by atoms with E-state index < -0.39 is 0 Å². The lowest BCUT2D eigenvalue weighted by atomic mass is 10.1. The summed E-state index contributed by atoms with van der Waals surface area (Å²) in [5, 5.41) is 4.14. The fraction of sp³-hybridized carbons (Fsp3) is 0.333. The van der Waals surface area contributed by atoms with Crippen LogP contribution in [0.15, 0.2) is 48.5 Å². The first kappa shape index (κ1) is 17.9. The van der Waals surface area contributed by atoms with Crippen LogP contribution in [0.4, 0.5) is 5.13 Å². The van der Waals surface area contributed by atoms with Crippen LogP contribution in [0.3, 0.4) is 0 Å². The number of rotatable bonds is 5. The van der Waals surface area contributed by atoms with Crippen LogP contribution in [0.1, 0.15) is 15.9 Å². The molecule has 1 N–H and O–H groups in total. The Morgan fingerprint density at radius 1 is 1.11 bits per heavy atom. The van der Waals surface area contributed by atoms with Crippen LogP contribution in [-0.2, 0) is 0 Å². The van der Waals surface area contributed by atoms with Gasteiger partial charge in [-0.05, 0) is 31.2 Å². The first-order chi connectivity index (χ1) is 13.2. The largest absolute Gasteiger partial charge is 0.351 e. The van der Waals surface area contributed by atoms with Crippen LogP contribution >= 0.6 is 11.3 Å². The third-order valence-corrected chi connectivity index (χ3v) is 6.02. The maximum atomic E-state index is 12.2. The van der Waals surface area contributed by atoms with E-state index in [1.807, 2.05) is 37.3 Å². The van der Waals surface area contributed by atoms with Gasteiger partial charge in [-0.1, -0.05) is 41.2 Å². The highest BCUT2D eigenvalue weighted by atomic mass is 32.1. The molecule has 1 saturated heterocycles. The van der Waals surface area contributed by atoms with E-state index in [0.717, 1.165) is 54.5 Å². The molecule has 1 aromatic heterocycles. The van der Waals surface area contributed by atoms with Gasteiger partial charge in [0.2, 0.25) is 0 Å². The Balaban J connectivity index is 1.24. The molecule has 0 spiro atoms. The van der Waals surface area contributed by atoms with Gasteiger partial charge in [-0.15, -0.1) is 0 Å². The van der Waals surface area contributed by atoms with Crippen molar-refractivity contribution in [2.45, 2.75) is 6.92 Å². The van der Waals surface area contributed by atoms with Crippen LogP contribution < -0.4 is 10.2 Å². The van der Waals surface area contributed by atoms with Crippen LogP contribution in [0.2, 0.25) is 0 Å². The summed E-state index contributed by atoms with van der Waals surface area (Å²) in [5.41, 5.74) is 2.92. The Hall–Kier alpha value is -2.44. The first-order valence-electron chi connectivity index (χ1n) is 9.37. The lowest BCUT2D eigenvalue weighted by Crippen LogP contribution is -2.48. The third-order valence-electron chi connectivity index (χ3n) is 4.92. The van der Waals surface area contributed by atoms with Crippen molar-refractivity contribution in [2.75, 3.05) is 44.2 Å². The summed E-state index contributed by atoms with van der Waals surface area (Å²) in [5.74, 6) is 0.00631. The van der Waals surface area contributed by atoms with Crippen molar-refractivity contribution in [3.05, 3.63) is 59.7 Å². The number of benzene rings is 2. The highest BCUT2D eigenvalue weighted by Crippen LogP contribution is 2.28. The molecule has 4 rings (SSSR count). The number of para-hydroxylation sites is 1. The molecule has 3 aromatic rings.